The maximum Gasteiger partial charge on any atom is 0.127 e. The van der Waals surface area contributed by atoms with Crippen LogP contribution in [-0.2, 0) is 4.57 Å². The van der Waals surface area contributed by atoms with E-state index in [2.05, 4.69) is 4.98 Å². The maximum absolute atomic E-state index is 11.6. The minimum Gasteiger partial charge on any atom is -0.318 e. The summed E-state index contributed by atoms with van der Waals surface area (Å²) in [6.45, 7) is 5.28. The summed E-state index contributed by atoms with van der Waals surface area (Å²) in [5.74, 6) is 0. The van der Waals surface area contributed by atoms with Gasteiger partial charge in [-0.1, -0.05) is 11.0 Å². The average molecular weight is 179 g/mol. The predicted octanol–water partition coefficient (Wildman–Crippen LogP) is 0.432. The lowest BCUT2D eigenvalue weighted by molar-refractivity contribution is 0.588. The molecule has 0 spiro atoms. The molecule has 0 aliphatic heterocycles. The SMILES string of the molecule is [B]c1cnc(P(C)(C)=O)cc1C. The summed E-state index contributed by atoms with van der Waals surface area (Å²) < 4.78 is 11.6. The first-order valence-corrected chi connectivity index (χ1v) is 6.29. The molecule has 0 aliphatic carbocycles. The summed E-state index contributed by atoms with van der Waals surface area (Å²) in [5.41, 5.74) is 2.23. The first-order valence-electron chi connectivity index (χ1n) is 3.69. The quantitative estimate of drug-likeness (QED) is 0.462. The van der Waals surface area contributed by atoms with E-state index in [0.29, 0.717) is 10.9 Å². The van der Waals surface area contributed by atoms with Gasteiger partial charge in [0.05, 0.1) is 5.44 Å². The fraction of sp³-hybridized carbons (Fsp3) is 0.375. The fourth-order valence-electron chi connectivity index (χ4n) is 0.846. The van der Waals surface area contributed by atoms with Crippen molar-refractivity contribution < 1.29 is 4.57 Å². The number of rotatable bonds is 1. The van der Waals surface area contributed by atoms with Gasteiger partial charge in [-0.2, -0.15) is 0 Å². The smallest absolute Gasteiger partial charge is 0.127 e. The molecule has 0 amide bonds. The highest BCUT2D eigenvalue weighted by Gasteiger charge is 2.12. The largest absolute Gasteiger partial charge is 0.318 e. The lowest BCUT2D eigenvalue weighted by Gasteiger charge is -2.07. The third-order valence-electron chi connectivity index (χ3n) is 1.69. The molecule has 0 bridgehead atoms. The van der Waals surface area contributed by atoms with Gasteiger partial charge < -0.3 is 4.57 Å². The first kappa shape index (κ1) is 9.53. The van der Waals surface area contributed by atoms with Crippen molar-refractivity contribution in [3.05, 3.63) is 17.8 Å². The van der Waals surface area contributed by atoms with Gasteiger partial charge in [0.2, 0.25) is 0 Å². The molecule has 62 valence electrons. The Bertz CT molecular complexity index is 345. The Kier molecular flexibility index (Phi) is 2.43. The summed E-state index contributed by atoms with van der Waals surface area (Å²) in [6, 6.07) is 1.79. The van der Waals surface area contributed by atoms with Crippen molar-refractivity contribution in [2.24, 2.45) is 0 Å². The molecule has 12 heavy (non-hydrogen) atoms. The van der Waals surface area contributed by atoms with Gasteiger partial charge >= 0.3 is 0 Å². The molecular weight excluding hydrogens is 168 g/mol. The number of hydrogen-bond acceptors (Lipinski definition) is 2. The van der Waals surface area contributed by atoms with Crippen molar-refractivity contribution in [2.45, 2.75) is 6.92 Å². The molecule has 4 heteroatoms. The number of aryl methyl sites for hydroxylation is 1. The monoisotopic (exact) mass is 179 g/mol. The minimum absolute atomic E-state index is 0.646. The molecule has 1 aromatic heterocycles. The van der Waals surface area contributed by atoms with Gasteiger partial charge in [0, 0.05) is 6.20 Å². The molecule has 2 nitrogen and oxygen atoms in total. The number of nitrogens with zero attached hydrogens (tertiary/aromatic N) is 1. The zero-order valence-corrected chi connectivity index (χ0v) is 8.43. The van der Waals surface area contributed by atoms with Crippen molar-refractivity contribution in [1.29, 1.82) is 0 Å². The van der Waals surface area contributed by atoms with Crippen molar-refractivity contribution in [3.63, 3.8) is 0 Å². The molecular formula is C8H11BNOP. The van der Waals surface area contributed by atoms with Gasteiger partial charge in [0.25, 0.3) is 0 Å². The molecule has 2 radical (unpaired) electrons. The Morgan fingerprint density at radius 3 is 2.50 bits per heavy atom. The fourth-order valence-corrected chi connectivity index (χ4v) is 1.69. The first-order chi connectivity index (χ1) is 5.41. The van der Waals surface area contributed by atoms with Crippen LogP contribution in [-0.4, -0.2) is 26.2 Å². The molecule has 0 unspecified atom stereocenters. The maximum atomic E-state index is 11.6. The standard InChI is InChI=1S/C8H11BNOP/c1-6-4-8(12(2,3)11)10-5-7(6)9/h4-5H,1-3H3. The lowest BCUT2D eigenvalue weighted by Crippen LogP contribution is -2.17. The second-order valence-electron chi connectivity index (χ2n) is 3.25. The molecule has 1 aromatic rings. The van der Waals surface area contributed by atoms with Crippen LogP contribution in [0.1, 0.15) is 5.56 Å². The lowest BCUT2D eigenvalue weighted by atomic mass is 9.94. The van der Waals surface area contributed by atoms with E-state index in [1.807, 2.05) is 6.92 Å². The summed E-state index contributed by atoms with van der Waals surface area (Å²) in [5, 5.41) is 0. The highest BCUT2D eigenvalue weighted by molar-refractivity contribution is 7.69. The zero-order chi connectivity index (χ0) is 9.35. The summed E-state index contributed by atoms with van der Waals surface area (Å²) >= 11 is 0. The third kappa shape index (κ3) is 1.98. The van der Waals surface area contributed by atoms with E-state index in [9.17, 15) is 4.57 Å². The molecule has 0 saturated heterocycles. The van der Waals surface area contributed by atoms with E-state index in [1.165, 1.54) is 0 Å². The molecule has 0 atom stereocenters. The summed E-state index contributed by atoms with van der Waals surface area (Å²) in [4.78, 5) is 4.02. The Morgan fingerprint density at radius 2 is 2.08 bits per heavy atom. The van der Waals surface area contributed by atoms with Crippen LogP contribution in [0.2, 0.25) is 0 Å². The Hall–Kier alpha value is -0.555. The molecule has 0 N–H and O–H groups in total. The predicted molar refractivity (Wildman–Crippen MR) is 53.5 cm³/mol. The van der Waals surface area contributed by atoms with Crippen LogP contribution in [0.5, 0.6) is 0 Å². The highest BCUT2D eigenvalue weighted by atomic mass is 31.2. The van der Waals surface area contributed by atoms with Gasteiger partial charge in [-0.15, -0.1) is 0 Å². The van der Waals surface area contributed by atoms with Gasteiger partial charge in [-0.05, 0) is 26.3 Å². The number of aromatic nitrogens is 1. The molecule has 0 aliphatic rings. The Labute approximate surface area is 74.2 Å². The van der Waals surface area contributed by atoms with Crippen LogP contribution in [0, 0.1) is 6.92 Å². The molecule has 1 heterocycles. The second-order valence-corrected chi connectivity index (χ2v) is 6.41. The zero-order valence-electron chi connectivity index (χ0n) is 7.53. The van der Waals surface area contributed by atoms with E-state index in [0.717, 1.165) is 5.56 Å². The normalized spacial score (nSPS) is 11.6. The average Bonchev–Trinajstić information content (AvgIpc) is 1.92. The van der Waals surface area contributed by atoms with Crippen LogP contribution in [0.15, 0.2) is 12.3 Å². The van der Waals surface area contributed by atoms with E-state index < -0.39 is 7.14 Å². The van der Waals surface area contributed by atoms with Gasteiger partial charge in [0.1, 0.15) is 15.0 Å². The van der Waals surface area contributed by atoms with E-state index in [4.69, 9.17) is 7.85 Å². The molecule has 1 rings (SSSR count). The molecule has 0 fully saturated rings. The Balaban J connectivity index is 3.23. The minimum atomic E-state index is -2.23. The van der Waals surface area contributed by atoms with Crippen molar-refractivity contribution in [2.75, 3.05) is 13.3 Å². The van der Waals surface area contributed by atoms with Crippen LogP contribution >= 0.6 is 7.14 Å². The van der Waals surface area contributed by atoms with Crippen LogP contribution in [0.4, 0.5) is 0 Å². The van der Waals surface area contributed by atoms with Crippen molar-refractivity contribution in [3.8, 4) is 0 Å². The van der Waals surface area contributed by atoms with Crippen LogP contribution < -0.4 is 10.9 Å². The topological polar surface area (TPSA) is 30.0 Å². The van der Waals surface area contributed by atoms with Crippen LogP contribution in [0.3, 0.4) is 0 Å². The van der Waals surface area contributed by atoms with E-state index in [1.54, 1.807) is 25.6 Å². The van der Waals surface area contributed by atoms with Crippen molar-refractivity contribution in [1.82, 2.24) is 4.98 Å². The highest BCUT2D eigenvalue weighted by Crippen LogP contribution is 2.32. The third-order valence-corrected chi connectivity index (χ3v) is 3.04. The van der Waals surface area contributed by atoms with Gasteiger partial charge in [0.15, 0.2) is 0 Å². The van der Waals surface area contributed by atoms with Crippen LogP contribution in [0.25, 0.3) is 0 Å². The number of pyridine rings is 1. The molecule has 0 saturated carbocycles. The molecule has 0 aromatic carbocycles. The Morgan fingerprint density at radius 1 is 1.50 bits per heavy atom. The van der Waals surface area contributed by atoms with Gasteiger partial charge in [-0.3, -0.25) is 4.98 Å². The summed E-state index contributed by atoms with van der Waals surface area (Å²) in [6.07, 6.45) is 1.56. The van der Waals surface area contributed by atoms with Crippen molar-refractivity contribution >= 4 is 25.9 Å². The van der Waals surface area contributed by atoms with Gasteiger partial charge in [-0.25, -0.2) is 0 Å². The van der Waals surface area contributed by atoms with E-state index >= 15 is 0 Å². The second kappa shape index (κ2) is 3.06. The number of hydrogen-bond donors (Lipinski definition) is 0. The van der Waals surface area contributed by atoms with E-state index in [-0.39, 0.29) is 0 Å². The summed E-state index contributed by atoms with van der Waals surface area (Å²) in [7, 11) is 3.35.